The molecule has 1 aromatic carbocycles. The molecule has 0 aliphatic heterocycles. The quantitative estimate of drug-likeness (QED) is 0.781. The summed E-state index contributed by atoms with van der Waals surface area (Å²) in [6, 6.07) is 3.15. The number of alkyl halides is 3. The van der Waals surface area contributed by atoms with Gasteiger partial charge in [-0.05, 0) is 38.4 Å². The molecule has 1 rings (SSSR count). The zero-order valence-electron chi connectivity index (χ0n) is 10.5. The summed E-state index contributed by atoms with van der Waals surface area (Å²) in [5.41, 5.74) is -0.0890. The van der Waals surface area contributed by atoms with E-state index in [4.69, 9.17) is 0 Å². The average Bonchev–Trinajstić information content (AvgIpc) is 2.30. The molecule has 0 fully saturated rings. The third-order valence-electron chi connectivity index (χ3n) is 2.93. The van der Waals surface area contributed by atoms with Gasteiger partial charge in [-0.15, -0.1) is 0 Å². The largest absolute Gasteiger partial charge is 0.389 e. The number of likely N-dealkylation sites (N-methyl/N-ethyl adjacent to an activating group) is 1. The second-order valence-corrected chi connectivity index (χ2v) is 4.40. The third kappa shape index (κ3) is 5.55. The highest BCUT2D eigenvalue weighted by molar-refractivity contribution is 5.20. The average molecular weight is 281 g/mol. The summed E-state index contributed by atoms with van der Waals surface area (Å²) in [7, 11) is 1.57. The normalized spacial score (nSPS) is 13.6. The van der Waals surface area contributed by atoms with Crippen molar-refractivity contribution in [3.63, 3.8) is 0 Å². The molecule has 1 aromatic rings. The molecule has 1 nitrogen and oxygen atoms in total. The van der Waals surface area contributed by atoms with Crippen LogP contribution in [-0.4, -0.2) is 19.3 Å². The lowest BCUT2D eigenvalue weighted by atomic mass is 10.00. The first-order valence-corrected chi connectivity index (χ1v) is 6.00. The van der Waals surface area contributed by atoms with Crippen LogP contribution in [0.4, 0.5) is 22.0 Å². The van der Waals surface area contributed by atoms with Gasteiger partial charge in [0.05, 0.1) is 0 Å². The van der Waals surface area contributed by atoms with E-state index in [1.165, 1.54) is 6.07 Å². The highest BCUT2D eigenvalue weighted by atomic mass is 19.4. The molecule has 108 valence electrons. The molecule has 0 aliphatic rings. The fraction of sp³-hybridized carbons (Fsp3) is 0.538. The molecule has 0 bridgehead atoms. The Hall–Kier alpha value is -1.17. The van der Waals surface area contributed by atoms with Crippen molar-refractivity contribution in [3.8, 4) is 0 Å². The van der Waals surface area contributed by atoms with Gasteiger partial charge < -0.3 is 5.32 Å². The van der Waals surface area contributed by atoms with E-state index in [0.717, 1.165) is 12.1 Å². The van der Waals surface area contributed by atoms with Crippen LogP contribution >= 0.6 is 0 Å². The Balaban J connectivity index is 2.57. The number of rotatable bonds is 6. The van der Waals surface area contributed by atoms with Crippen LogP contribution in [0.15, 0.2) is 18.2 Å². The molecule has 0 saturated carbocycles. The second-order valence-electron chi connectivity index (χ2n) is 4.40. The lowest BCUT2D eigenvalue weighted by Crippen LogP contribution is -2.28. The predicted molar refractivity (Wildman–Crippen MR) is 62.8 cm³/mol. The Bertz CT molecular complexity index is 382. The molecule has 0 radical (unpaired) electrons. The van der Waals surface area contributed by atoms with Crippen LogP contribution in [0.2, 0.25) is 0 Å². The van der Waals surface area contributed by atoms with Crippen molar-refractivity contribution >= 4 is 0 Å². The van der Waals surface area contributed by atoms with Crippen LogP contribution in [0.25, 0.3) is 0 Å². The van der Waals surface area contributed by atoms with Gasteiger partial charge >= 0.3 is 6.18 Å². The minimum Gasteiger partial charge on any atom is -0.317 e. The molecule has 0 heterocycles. The summed E-state index contributed by atoms with van der Waals surface area (Å²) in [5.74, 6) is -1.34. The van der Waals surface area contributed by atoms with Crippen LogP contribution < -0.4 is 5.32 Å². The van der Waals surface area contributed by atoms with Crippen molar-refractivity contribution in [2.24, 2.45) is 0 Å². The van der Waals surface area contributed by atoms with Gasteiger partial charge in [0.1, 0.15) is 11.6 Å². The summed E-state index contributed by atoms with van der Waals surface area (Å²) >= 11 is 0. The van der Waals surface area contributed by atoms with Crippen molar-refractivity contribution in [2.45, 2.75) is 37.9 Å². The Morgan fingerprint density at radius 3 is 2.21 bits per heavy atom. The Kier molecular flexibility index (Phi) is 5.72. The second kappa shape index (κ2) is 6.84. The summed E-state index contributed by atoms with van der Waals surface area (Å²) in [4.78, 5) is 0. The van der Waals surface area contributed by atoms with Crippen LogP contribution in [0.5, 0.6) is 0 Å². The van der Waals surface area contributed by atoms with E-state index in [2.05, 4.69) is 5.32 Å². The van der Waals surface area contributed by atoms with Gasteiger partial charge in [0.15, 0.2) is 0 Å². The van der Waals surface area contributed by atoms with Crippen molar-refractivity contribution in [2.75, 3.05) is 7.05 Å². The third-order valence-corrected chi connectivity index (χ3v) is 2.93. The number of nitrogens with one attached hydrogen (secondary N) is 1. The molecule has 1 unspecified atom stereocenters. The van der Waals surface area contributed by atoms with Gasteiger partial charge in [0.2, 0.25) is 0 Å². The molecular weight excluding hydrogens is 265 g/mol. The summed E-state index contributed by atoms with van der Waals surface area (Å²) in [6.07, 6.45) is -4.89. The standard InChI is InChI=1S/C13H16F5N/c1-19-9(4-3-7-13(16,17)18)8-10-11(14)5-2-6-12(10)15/h2,5-6,9,19H,3-4,7-8H2,1H3. The summed E-state index contributed by atoms with van der Waals surface area (Å²) < 4.78 is 62.9. The lowest BCUT2D eigenvalue weighted by molar-refractivity contribution is -0.135. The first-order chi connectivity index (χ1) is 8.83. The van der Waals surface area contributed by atoms with E-state index in [1.54, 1.807) is 7.05 Å². The van der Waals surface area contributed by atoms with Gasteiger partial charge in [0, 0.05) is 18.0 Å². The minimum atomic E-state index is -4.19. The Morgan fingerprint density at radius 1 is 1.16 bits per heavy atom. The summed E-state index contributed by atoms with van der Waals surface area (Å²) in [6.45, 7) is 0. The fourth-order valence-electron chi connectivity index (χ4n) is 1.87. The maximum absolute atomic E-state index is 13.4. The Labute approximate surface area is 108 Å². The van der Waals surface area contributed by atoms with E-state index in [-0.39, 0.29) is 30.9 Å². The number of benzene rings is 1. The molecule has 0 spiro atoms. The molecule has 1 atom stereocenters. The molecule has 0 aromatic heterocycles. The zero-order chi connectivity index (χ0) is 14.5. The van der Waals surface area contributed by atoms with E-state index in [1.807, 2.05) is 0 Å². The van der Waals surface area contributed by atoms with E-state index < -0.39 is 24.2 Å². The van der Waals surface area contributed by atoms with Crippen LogP contribution in [0, 0.1) is 11.6 Å². The summed E-state index contributed by atoms with van der Waals surface area (Å²) in [5, 5.41) is 2.79. The first kappa shape index (κ1) is 15.9. The van der Waals surface area contributed by atoms with Gasteiger partial charge in [-0.1, -0.05) is 6.07 Å². The SMILES string of the molecule is CNC(CCCC(F)(F)F)Cc1c(F)cccc1F. The van der Waals surface area contributed by atoms with E-state index in [9.17, 15) is 22.0 Å². The maximum Gasteiger partial charge on any atom is 0.389 e. The lowest BCUT2D eigenvalue weighted by Gasteiger charge is -2.17. The smallest absolute Gasteiger partial charge is 0.317 e. The highest BCUT2D eigenvalue weighted by Crippen LogP contribution is 2.23. The molecule has 6 heteroatoms. The Morgan fingerprint density at radius 2 is 1.74 bits per heavy atom. The minimum absolute atomic E-state index is 0.0346. The number of hydrogen-bond acceptors (Lipinski definition) is 1. The van der Waals surface area contributed by atoms with Crippen molar-refractivity contribution in [3.05, 3.63) is 35.4 Å². The molecule has 0 amide bonds. The highest BCUT2D eigenvalue weighted by Gasteiger charge is 2.26. The number of halogens is 5. The van der Waals surface area contributed by atoms with Gasteiger partial charge in [-0.3, -0.25) is 0 Å². The fourth-order valence-corrected chi connectivity index (χ4v) is 1.87. The molecule has 1 N–H and O–H groups in total. The zero-order valence-corrected chi connectivity index (χ0v) is 10.5. The topological polar surface area (TPSA) is 12.0 Å². The van der Waals surface area contributed by atoms with Crippen LogP contribution in [-0.2, 0) is 6.42 Å². The molecule has 19 heavy (non-hydrogen) atoms. The van der Waals surface area contributed by atoms with E-state index >= 15 is 0 Å². The van der Waals surface area contributed by atoms with Crippen molar-refractivity contribution in [1.29, 1.82) is 0 Å². The maximum atomic E-state index is 13.4. The van der Waals surface area contributed by atoms with E-state index in [0.29, 0.717) is 0 Å². The van der Waals surface area contributed by atoms with Gasteiger partial charge in [-0.25, -0.2) is 8.78 Å². The van der Waals surface area contributed by atoms with Gasteiger partial charge in [0.25, 0.3) is 0 Å². The van der Waals surface area contributed by atoms with Crippen LogP contribution in [0.1, 0.15) is 24.8 Å². The molecule has 0 saturated heterocycles. The van der Waals surface area contributed by atoms with Crippen molar-refractivity contribution in [1.82, 2.24) is 5.32 Å². The monoisotopic (exact) mass is 281 g/mol. The van der Waals surface area contributed by atoms with Crippen LogP contribution in [0.3, 0.4) is 0 Å². The van der Waals surface area contributed by atoms with Gasteiger partial charge in [-0.2, -0.15) is 13.2 Å². The molecular formula is C13H16F5N. The number of hydrogen-bond donors (Lipinski definition) is 1. The molecule has 0 aliphatic carbocycles. The first-order valence-electron chi connectivity index (χ1n) is 6.00. The van der Waals surface area contributed by atoms with Crippen molar-refractivity contribution < 1.29 is 22.0 Å². The predicted octanol–water partition coefficient (Wildman–Crippen LogP) is 3.83.